The lowest BCUT2D eigenvalue weighted by molar-refractivity contribution is -0.164. The molecule has 2 saturated heterocycles. The van der Waals surface area contributed by atoms with Crippen molar-refractivity contribution in [1.82, 2.24) is 10.2 Å². The van der Waals surface area contributed by atoms with Gasteiger partial charge >= 0.3 is 5.97 Å². The van der Waals surface area contributed by atoms with Crippen molar-refractivity contribution in [1.29, 1.82) is 0 Å². The molecule has 2 heterocycles. The van der Waals surface area contributed by atoms with E-state index in [-0.39, 0.29) is 23.8 Å². The maximum atomic E-state index is 12.9. The lowest BCUT2D eigenvalue weighted by Crippen LogP contribution is -2.55. The summed E-state index contributed by atoms with van der Waals surface area (Å²) in [5.74, 6) is -0.692. The van der Waals surface area contributed by atoms with Gasteiger partial charge in [0, 0.05) is 13.0 Å². The molecule has 0 unspecified atom stereocenters. The van der Waals surface area contributed by atoms with Crippen LogP contribution in [0.25, 0.3) is 0 Å². The molecule has 2 amide bonds. The lowest BCUT2D eigenvalue weighted by atomic mass is 9.99. The van der Waals surface area contributed by atoms with Gasteiger partial charge in [-0.05, 0) is 46.5 Å². The average Bonchev–Trinajstić information content (AvgIpc) is 2.81. The highest BCUT2D eigenvalue weighted by atomic mass is 16.6. The van der Waals surface area contributed by atoms with E-state index in [1.54, 1.807) is 4.90 Å². The van der Waals surface area contributed by atoms with E-state index in [0.29, 0.717) is 12.8 Å². The van der Waals surface area contributed by atoms with Crippen LogP contribution in [0.3, 0.4) is 0 Å². The number of nitrogens with one attached hydrogen (secondary N) is 1. The third kappa shape index (κ3) is 4.45. The van der Waals surface area contributed by atoms with Gasteiger partial charge in [0.25, 0.3) is 0 Å². The molecule has 0 aromatic rings. The normalized spacial score (nSPS) is 28.6. The molecule has 1 N–H and O–H groups in total. The van der Waals surface area contributed by atoms with E-state index in [1.807, 2.05) is 20.8 Å². The number of fused-ring (bicyclic) bond motifs is 1. The molecule has 2 rings (SSSR count). The third-order valence-corrected chi connectivity index (χ3v) is 4.39. The highest BCUT2D eigenvalue weighted by Gasteiger charge is 2.45. The van der Waals surface area contributed by atoms with Gasteiger partial charge < -0.3 is 15.0 Å². The van der Waals surface area contributed by atoms with Crippen molar-refractivity contribution in [3.05, 3.63) is 0 Å². The summed E-state index contributed by atoms with van der Waals surface area (Å²) in [7, 11) is 0. The maximum absolute atomic E-state index is 12.9. The molecule has 2 fully saturated rings. The first-order valence-electron chi connectivity index (χ1n) is 8.51. The molecule has 2 aliphatic rings. The van der Waals surface area contributed by atoms with Gasteiger partial charge in [-0.3, -0.25) is 9.59 Å². The zero-order valence-corrected chi connectivity index (χ0v) is 14.6. The van der Waals surface area contributed by atoms with Gasteiger partial charge in [-0.15, -0.1) is 0 Å². The van der Waals surface area contributed by atoms with Crippen molar-refractivity contribution < 1.29 is 19.1 Å². The molecular formula is C17H28N2O4. The molecule has 6 heteroatoms. The SMILES string of the molecule is CC(=O)N[C@H]1CCCC[C@H]2CC[C@@H](C(=O)OC(C)(C)C)N2C1=O. The first kappa shape index (κ1) is 17.8. The first-order valence-corrected chi connectivity index (χ1v) is 8.51. The molecule has 0 radical (unpaired) electrons. The van der Waals surface area contributed by atoms with Crippen molar-refractivity contribution in [3.63, 3.8) is 0 Å². The number of rotatable bonds is 2. The molecule has 0 aromatic heterocycles. The van der Waals surface area contributed by atoms with Crippen LogP contribution in [-0.2, 0) is 19.1 Å². The minimum atomic E-state index is -0.571. The van der Waals surface area contributed by atoms with E-state index in [4.69, 9.17) is 4.74 Å². The van der Waals surface area contributed by atoms with Crippen LogP contribution in [0.4, 0.5) is 0 Å². The van der Waals surface area contributed by atoms with Crippen LogP contribution in [0.15, 0.2) is 0 Å². The standard InChI is InChI=1S/C17H28N2O4/c1-11(20)18-13-8-6-5-7-12-9-10-14(19(12)15(13)21)16(22)23-17(2,3)4/h12-14H,5-10H2,1-4H3,(H,18,20)/t12-,13-,14-/m0/s1. The Kier molecular flexibility index (Phi) is 5.32. The Balaban J connectivity index is 2.18. The zero-order valence-electron chi connectivity index (χ0n) is 14.6. The van der Waals surface area contributed by atoms with Gasteiger partial charge in [0.2, 0.25) is 11.8 Å². The van der Waals surface area contributed by atoms with E-state index in [0.717, 1.165) is 25.7 Å². The Morgan fingerprint density at radius 3 is 2.39 bits per heavy atom. The van der Waals surface area contributed by atoms with Gasteiger partial charge in [0.15, 0.2) is 0 Å². The van der Waals surface area contributed by atoms with E-state index < -0.39 is 17.7 Å². The summed E-state index contributed by atoms with van der Waals surface area (Å²) in [5.41, 5.74) is -0.571. The average molecular weight is 324 g/mol. The summed E-state index contributed by atoms with van der Waals surface area (Å²) in [4.78, 5) is 38.4. The Bertz CT molecular complexity index is 483. The second-order valence-electron chi connectivity index (χ2n) is 7.56. The van der Waals surface area contributed by atoms with Crippen molar-refractivity contribution in [2.45, 2.75) is 89.9 Å². The summed E-state index contributed by atoms with van der Waals surface area (Å²) in [6.45, 7) is 6.89. The number of amides is 2. The smallest absolute Gasteiger partial charge is 0.329 e. The van der Waals surface area contributed by atoms with Crippen LogP contribution in [0.2, 0.25) is 0 Å². The monoisotopic (exact) mass is 324 g/mol. The number of hydrogen-bond donors (Lipinski definition) is 1. The summed E-state index contributed by atoms with van der Waals surface area (Å²) >= 11 is 0. The second-order valence-corrected chi connectivity index (χ2v) is 7.56. The predicted octanol–water partition coefficient (Wildman–Crippen LogP) is 1.77. The Labute approximate surface area is 137 Å². The summed E-state index contributed by atoms with van der Waals surface area (Å²) in [6.07, 6.45) is 4.92. The van der Waals surface area contributed by atoms with Crippen LogP contribution in [0.1, 0.15) is 66.2 Å². The lowest BCUT2D eigenvalue weighted by Gasteiger charge is -2.35. The largest absolute Gasteiger partial charge is 0.458 e. The number of carbonyl (C=O) groups is 3. The molecule has 6 nitrogen and oxygen atoms in total. The van der Waals surface area contributed by atoms with E-state index in [2.05, 4.69) is 5.32 Å². The van der Waals surface area contributed by atoms with Crippen LogP contribution < -0.4 is 5.32 Å². The molecule has 0 saturated carbocycles. The van der Waals surface area contributed by atoms with Crippen molar-refractivity contribution in [2.24, 2.45) is 0 Å². The third-order valence-electron chi connectivity index (χ3n) is 4.39. The summed E-state index contributed by atoms with van der Waals surface area (Å²) < 4.78 is 5.49. The minimum absolute atomic E-state index is 0.0802. The van der Waals surface area contributed by atoms with Crippen LogP contribution in [0, 0.1) is 0 Å². The second kappa shape index (κ2) is 6.89. The highest BCUT2D eigenvalue weighted by molar-refractivity contribution is 5.91. The molecule has 0 bridgehead atoms. The van der Waals surface area contributed by atoms with Crippen molar-refractivity contribution in [2.75, 3.05) is 0 Å². The molecule has 0 aromatic carbocycles. The fraction of sp³-hybridized carbons (Fsp3) is 0.824. The van der Waals surface area contributed by atoms with E-state index in [1.165, 1.54) is 6.92 Å². The van der Waals surface area contributed by atoms with Gasteiger partial charge in [-0.1, -0.05) is 12.8 Å². The van der Waals surface area contributed by atoms with Crippen LogP contribution in [-0.4, -0.2) is 46.4 Å². The summed E-state index contributed by atoms with van der Waals surface area (Å²) in [6, 6.07) is -0.976. The molecular weight excluding hydrogens is 296 g/mol. The molecule has 0 spiro atoms. The fourth-order valence-electron chi connectivity index (χ4n) is 3.51. The van der Waals surface area contributed by atoms with Crippen LogP contribution >= 0.6 is 0 Å². The topological polar surface area (TPSA) is 75.7 Å². The van der Waals surface area contributed by atoms with Gasteiger partial charge in [0.1, 0.15) is 17.7 Å². The van der Waals surface area contributed by atoms with Gasteiger partial charge in [0.05, 0.1) is 0 Å². The zero-order chi connectivity index (χ0) is 17.2. The van der Waals surface area contributed by atoms with Crippen molar-refractivity contribution in [3.8, 4) is 0 Å². The number of carbonyl (C=O) groups excluding carboxylic acids is 3. The molecule has 3 atom stereocenters. The van der Waals surface area contributed by atoms with Gasteiger partial charge in [-0.25, -0.2) is 4.79 Å². The Morgan fingerprint density at radius 2 is 1.78 bits per heavy atom. The molecule has 0 aliphatic carbocycles. The maximum Gasteiger partial charge on any atom is 0.329 e. The van der Waals surface area contributed by atoms with E-state index >= 15 is 0 Å². The number of nitrogens with zero attached hydrogens (tertiary/aromatic N) is 1. The predicted molar refractivity (Wildman–Crippen MR) is 85.6 cm³/mol. The first-order chi connectivity index (χ1) is 10.7. The minimum Gasteiger partial charge on any atom is -0.458 e. The highest BCUT2D eigenvalue weighted by Crippen LogP contribution is 2.32. The fourth-order valence-corrected chi connectivity index (χ4v) is 3.51. The van der Waals surface area contributed by atoms with Crippen molar-refractivity contribution >= 4 is 17.8 Å². The molecule has 2 aliphatic heterocycles. The van der Waals surface area contributed by atoms with Crippen LogP contribution in [0.5, 0.6) is 0 Å². The number of ether oxygens (including phenoxy) is 1. The molecule has 23 heavy (non-hydrogen) atoms. The number of esters is 1. The number of hydrogen-bond acceptors (Lipinski definition) is 4. The van der Waals surface area contributed by atoms with E-state index in [9.17, 15) is 14.4 Å². The Hall–Kier alpha value is -1.59. The summed E-state index contributed by atoms with van der Waals surface area (Å²) in [5, 5.41) is 2.74. The van der Waals surface area contributed by atoms with Gasteiger partial charge in [-0.2, -0.15) is 0 Å². The Morgan fingerprint density at radius 1 is 1.13 bits per heavy atom. The molecule has 130 valence electrons. The quantitative estimate of drug-likeness (QED) is 0.786.